The van der Waals surface area contributed by atoms with Gasteiger partial charge in [0.15, 0.2) is 0 Å². The first-order valence-corrected chi connectivity index (χ1v) is 13.0. The van der Waals surface area contributed by atoms with Crippen LogP contribution in [0.2, 0.25) is 0 Å². The van der Waals surface area contributed by atoms with Gasteiger partial charge in [-0.2, -0.15) is 5.10 Å². The summed E-state index contributed by atoms with van der Waals surface area (Å²) in [6, 6.07) is 12.9. The molecule has 0 aliphatic carbocycles. The standard InChI is InChI=1S/C29H36N6O2/c1-19-9-10-21(16-22(19)17-34-14-6-8-23(18-34)35-15-7-13-30-35)26(29(3,4)28(36)37)24-11-12-25-27(20(24)2)31-32-33(25)5/h7,9-13,15-16,23,26H,6,8,14,17-18H2,1-5H3,(H,36,37)/t23-,26?/m1/s1. The molecular formula is C29H36N6O2. The topological polar surface area (TPSA) is 89.1 Å². The Balaban J connectivity index is 1.52. The maximum absolute atomic E-state index is 12.6. The lowest BCUT2D eigenvalue weighted by atomic mass is 9.69. The number of aromatic nitrogens is 5. The summed E-state index contributed by atoms with van der Waals surface area (Å²) in [6.07, 6.45) is 6.16. The van der Waals surface area contributed by atoms with Gasteiger partial charge in [-0.3, -0.25) is 14.4 Å². The van der Waals surface area contributed by atoms with Crippen LogP contribution in [0.15, 0.2) is 48.8 Å². The van der Waals surface area contributed by atoms with Crippen molar-refractivity contribution in [2.45, 2.75) is 59.0 Å². The fourth-order valence-corrected chi connectivity index (χ4v) is 5.84. The Morgan fingerprint density at radius 1 is 1.22 bits per heavy atom. The second kappa shape index (κ2) is 9.74. The minimum Gasteiger partial charge on any atom is -0.481 e. The summed E-state index contributed by atoms with van der Waals surface area (Å²) >= 11 is 0. The Morgan fingerprint density at radius 3 is 2.76 bits per heavy atom. The first-order valence-electron chi connectivity index (χ1n) is 13.0. The van der Waals surface area contributed by atoms with Crippen molar-refractivity contribution < 1.29 is 9.90 Å². The minimum atomic E-state index is -1.02. The van der Waals surface area contributed by atoms with Crippen molar-refractivity contribution in [3.8, 4) is 0 Å². The summed E-state index contributed by atoms with van der Waals surface area (Å²) in [4.78, 5) is 15.1. The number of aliphatic carboxylic acids is 1. The molecule has 2 atom stereocenters. The van der Waals surface area contributed by atoms with Crippen LogP contribution in [0.5, 0.6) is 0 Å². The minimum absolute atomic E-state index is 0.339. The number of carboxylic acid groups (broad SMARTS) is 1. The fourth-order valence-electron chi connectivity index (χ4n) is 5.84. The van der Waals surface area contributed by atoms with Crippen molar-refractivity contribution in [1.29, 1.82) is 0 Å². The van der Waals surface area contributed by atoms with Crippen molar-refractivity contribution in [3.63, 3.8) is 0 Å². The number of aryl methyl sites for hydroxylation is 3. The van der Waals surface area contributed by atoms with Crippen molar-refractivity contribution in [2.24, 2.45) is 12.5 Å². The number of hydrogen-bond acceptors (Lipinski definition) is 5. The molecule has 37 heavy (non-hydrogen) atoms. The van der Waals surface area contributed by atoms with Crippen LogP contribution >= 0.6 is 0 Å². The summed E-state index contributed by atoms with van der Waals surface area (Å²) in [6.45, 7) is 10.6. The summed E-state index contributed by atoms with van der Waals surface area (Å²) in [5, 5.41) is 23.3. The molecule has 4 aromatic rings. The van der Waals surface area contributed by atoms with Gasteiger partial charge in [0.05, 0.1) is 17.0 Å². The van der Waals surface area contributed by atoms with E-state index in [2.05, 4.69) is 62.4 Å². The highest BCUT2D eigenvalue weighted by Crippen LogP contribution is 2.44. The summed E-state index contributed by atoms with van der Waals surface area (Å²) in [5.74, 6) is -1.16. The van der Waals surface area contributed by atoms with Gasteiger partial charge in [0.2, 0.25) is 0 Å². The summed E-state index contributed by atoms with van der Waals surface area (Å²) < 4.78 is 3.83. The molecule has 1 saturated heterocycles. The molecule has 0 spiro atoms. The molecule has 2 aromatic heterocycles. The zero-order valence-electron chi connectivity index (χ0n) is 22.3. The molecule has 1 aliphatic rings. The second-order valence-corrected chi connectivity index (χ2v) is 11.0. The van der Waals surface area contributed by atoms with Gasteiger partial charge in [0.1, 0.15) is 5.52 Å². The fraction of sp³-hybridized carbons (Fsp3) is 0.448. The largest absolute Gasteiger partial charge is 0.481 e. The Labute approximate surface area is 217 Å². The average molecular weight is 501 g/mol. The Bertz CT molecular complexity index is 1420. The van der Waals surface area contributed by atoms with Crippen LogP contribution in [0.1, 0.15) is 66.5 Å². The third-order valence-electron chi connectivity index (χ3n) is 8.14. The molecule has 8 nitrogen and oxygen atoms in total. The summed E-state index contributed by atoms with van der Waals surface area (Å²) in [5.41, 5.74) is 6.16. The molecule has 1 aliphatic heterocycles. The summed E-state index contributed by atoms with van der Waals surface area (Å²) in [7, 11) is 1.87. The van der Waals surface area contributed by atoms with Crippen LogP contribution in [-0.2, 0) is 18.4 Å². The zero-order valence-corrected chi connectivity index (χ0v) is 22.3. The average Bonchev–Trinajstić information content (AvgIpc) is 3.53. The van der Waals surface area contributed by atoms with Gasteiger partial charge in [-0.25, -0.2) is 4.68 Å². The number of rotatable bonds is 7. The van der Waals surface area contributed by atoms with Gasteiger partial charge in [-0.1, -0.05) is 29.5 Å². The molecule has 194 valence electrons. The maximum atomic E-state index is 12.6. The number of piperidine rings is 1. The van der Waals surface area contributed by atoms with Crippen molar-refractivity contribution in [1.82, 2.24) is 29.7 Å². The molecular weight excluding hydrogens is 464 g/mol. The van der Waals surface area contributed by atoms with E-state index in [9.17, 15) is 9.90 Å². The molecule has 0 saturated carbocycles. The molecule has 1 N–H and O–H groups in total. The third-order valence-corrected chi connectivity index (χ3v) is 8.14. The molecule has 0 bridgehead atoms. The van der Waals surface area contributed by atoms with E-state index in [1.165, 1.54) is 11.1 Å². The molecule has 0 radical (unpaired) electrons. The molecule has 1 fully saturated rings. The molecule has 1 unspecified atom stereocenters. The van der Waals surface area contributed by atoms with E-state index < -0.39 is 11.4 Å². The number of fused-ring (bicyclic) bond motifs is 1. The van der Waals surface area contributed by atoms with Crippen molar-refractivity contribution in [2.75, 3.05) is 13.1 Å². The highest BCUT2D eigenvalue weighted by atomic mass is 16.4. The zero-order chi connectivity index (χ0) is 26.3. The highest BCUT2D eigenvalue weighted by Gasteiger charge is 2.40. The quantitative estimate of drug-likeness (QED) is 0.390. The number of hydrogen-bond donors (Lipinski definition) is 1. The van der Waals surface area contributed by atoms with Crippen LogP contribution in [0.3, 0.4) is 0 Å². The number of nitrogens with zero attached hydrogens (tertiary/aromatic N) is 6. The van der Waals surface area contributed by atoms with Crippen LogP contribution in [-0.4, -0.2) is 53.8 Å². The van der Waals surface area contributed by atoms with Crippen molar-refractivity contribution in [3.05, 3.63) is 76.6 Å². The Hall–Kier alpha value is -3.52. The normalized spacial score (nSPS) is 17.8. The van der Waals surface area contributed by atoms with E-state index in [0.717, 1.165) is 60.2 Å². The van der Waals surface area contributed by atoms with Crippen LogP contribution in [0, 0.1) is 19.3 Å². The lowest BCUT2D eigenvalue weighted by Gasteiger charge is -2.35. The van der Waals surface area contributed by atoms with Gasteiger partial charge in [-0.05, 0) is 87.0 Å². The molecule has 0 amide bonds. The van der Waals surface area contributed by atoms with Gasteiger partial charge >= 0.3 is 5.97 Å². The van der Waals surface area contributed by atoms with Crippen molar-refractivity contribution >= 4 is 17.0 Å². The smallest absolute Gasteiger partial charge is 0.310 e. The van der Waals surface area contributed by atoms with Crippen LogP contribution in [0.4, 0.5) is 0 Å². The van der Waals surface area contributed by atoms with E-state index >= 15 is 0 Å². The third kappa shape index (κ3) is 4.66. The highest BCUT2D eigenvalue weighted by molar-refractivity contribution is 5.81. The van der Waals surface area contributed by atoms with Crippen LogP contribution in [0.25, 0.3) is 11.0 Å². The predicted molar refractivity (Wildman–Crippen MR) is 143 cm³/mol. The van der Waals surface area contributed by atoms with Crippen LogP contribution < -0.4 is 0 Å². The first kappa shape index (κ1) is 25.1. The number of benzene rings is 2. The lowest BCUT2D eigenvalue weighted by molar-refractivity contribution is -0.147. The monoisotopic (exact) mass is 500 g/mol. The number of carbonyl (C=O) groups is 1. The molecule has 3 heterocycles. The Morgan fingerprint density at radius 2 is 2.03 bits per heavy atom. The number of carboxylic acids is 1. The molecule has 8 heteroatoms. The second-order valence-electron chi connectivity index (χ2n) is 11.0. The van der Waals surface area contributed by atoms with Gasteiger partial charge in [0, 0.05) is 38.4 Å². The van der Waals surface area contributed by atoms with E-state index in [1.54, 1.807) is 4.68 Å². The SMILES string of the molecule is Cc1ccc(C(c2ccc3c(nnn3C)c2C)C(C)(C)C(=O)O)cc1CN1CCC[C@@H](n2cccn2)C1. The van der Waals surface area contributed by atoms with Gasteiger partial charge < -0.3 is 5.11 Å². The first-order chi connectivity index (χ1) is 17.7. The lowest BCUT2D eigenvalue weighted by Crippen LogP contribution is -2.36. The van der Waals surface area contributed by atoms with E-state index in [4.69, 9.17) is 0 Å². The van der Waals surface area contributed by atoms with E-state index in [-0.39, 0.29) is 5.92 Å². The Kier molecular flexibility index (Phi) is 6.62. The molecule has 2 aromatic carbocycles. The molecule has 5 rings (SSSR count). The van der Waals surface area contributed by atoms with Gasteiger partial charge in [-0.15, -0.1) is 5.10 Å². The predicted octanol–water partition coefficient (Wildman–Crippen LogP) is 4.86. The number of likely N-dealkylation sites (tertiary alicyclic amines) is 1. The maximum Gasteiger partial charge on any atom is 0.310 e. The van der Waals surface area contributed by atoms with E-state index in [0.29, 0.717) is 6.04 Å². The van der Waals surface area contributed by atoms with E-state index in [1.807, 2.05) is 46.1 Å². The van der Waals surface area contributed by atoms with Gasteiger partial charge in [0.25, 0.3) is 0 Å².